The Balaban J connectivity index is 1.77. The highest BCUT2D eigenvalue weighted by Gasteiger charge is 2.34. The molecule has 3 rings (SSSR count). The minimum absolute atomic E-state index is 0.297. The van der Waals surface area contributed by atoms with Crippen LogP contribution in [-0.4, -0.2) is 53.7 Å². The van der Waals surface area contributed by atoms with Crippen LogP contribution < -0.4 is 0 Å². The lowest BCUT2D eigenvalue weighted by atomic mass is 9.84. The fourth-order valence-corrected chi connectivity index (χ4v) is 3.48. The van der Waals surface area contributed by atoms with Crippen molar-refractivity contribution in [3.8, 4) is 0 Å². The molecule has 3 heteroatoms. The van der Waals surface area contributed by atoms with Crippen molar-refractivity contribution >= 4 is 0 Å². The molecule has 19 heavy (non-hydrogen) atoms. The van der Waals surface area contributed by atoms with E-state index >= 15 is 0 Å². The largest absolute Gasteiger partial charge is 0.387 e. The fourth-order valence-electron chi connectivity index (χ4n) is 3.48. The van der Waals surface area contributed by atoms with Crippen LogP contribution in [0.15, 0.2) is 24.3 Å². The zero-order chi connectivity index (χ0) is 13.4. The molecule has 1 aromatic rings. The SMILES string of the molecule is CC1CN(C2CCc3ccccc3C2O)CCN1C. The van der Waals surface area contributed by atoms with E-state index in [0.29, 0.717) is 12.1 Å². The number of hydrogen-bond donors (Lipinski definition) is 1. The van der Waals surface area contributed by atoms with Crippen LogP contribution in [0.3, 0.4) is 0 Å². The van der Waals surface area contributed by atoms with Gasteiger partial charge in [-0.1, -0.05) is 24.3 Å². The van der Waals surface area contributed by atoms with Crippen molar-refractivity contribution in [1.29, 1.82) is 0 Å². The monoisotopic (exact) mass is 260 g/mol. The second-order valence-electron chi connectivity index (χ2n) is 6.07. The molecule has 1 saturated heterocycles. The molecule has 1 fully saturated rings. The van der Waals surface area contributed by atoms with Crippen molar-refractivity contribution in [2.24, 2.45) is 0 Å². The maximum Gasteiger partial charge on any atom is 0.0947 e. The summed E-state index contributed by atoms with van der Waals surface area (Å²) in [5.41, 5.74) is 2.47. The van der Waals surface area contributed by atoms with E-state index in [1.807, 2.05) is 6.07 Å². The second kappa shape index (κ2) is 5.23. The first-order chi connectivity index (χ1) is 9.16. The minimum atomic E-state index is -0.319. The summed E-state index contributed by atoms with van der Waals surface area (Å²) in [5.74, 6) is 0. The number of benzene rings is 1. The summed E-state index contributed by atoms with van der Waals surface area (Å²) in [7, 11) is 2.19. The number of hydrogen-bond acceptors (Lipinski definition) is 3. The van der Waals surface area contributed by atoms with Gasteiger partial charge < -0.3 is 10.0 Å². The van der Waals surface area contributed by atoms with E-state index in [1.165, 1.54) is 5.56 Å². The van der Waals surface area contributed by atoms with Crippen molar-refractivity contribution in [2.45, 2.75) is 38.0 Å². The number of aryl methyl sites for hydroxylation is 1. The van der Waals surface area contributed by atoms with Gasteiger partial charge in [0.25, 0.3) is 0 Å². The predicted molar refractivity (Wildman–Crippen MR) is 77.2 cm³/mol. The first-order valence-corrected chi connectivity index (χ1v) is 7.37. The molecule has 0 spiro atoms. The number of likely N-dealkylation sites (N-methyl/N-ethyl adjacent to an activating group) is 1. The predicted octanol–water partition coefficient (Wildman–Crippen LogP) is 1.67. The third-order valence-corrected chi connectivity index (χ3v) is 4.91. The van der Waals surface area contributed by atoms with Crippen LogP contribution >= 0.6 is 0 Å². The van der Waals surface area contributed by atoms with E-state index < -0.39 is 0 Å². The topological polar surface area (TPSA) is 26.7 Å². The number of aliphatic hydroxyl groups excluding tert-OH is 1. The number of fused-ring (bicyclic) bond motifs is 1. The third-order valence-electron chi connectivity index (χ3n) is 4.91. The standard InChI is InChI=1S/C16H24N2O/c1-12-11-18(10-9-17(12)2)15-8-7-13-5-3-4-6-14(13)16(15)19/h3-6,12,15-16,19H,7-11H2,1-2H3. The van der Waals surface area contributed by atoms with Gasteiger partial charge >= 0.3 is 0 Å². The quantitative estimate of drug-likeness (QED) is 0.832. The molecule has 0 saturated carbocycles. The average molecular weight is 260 g/mol. The van der Waals surface area contributed by atoms with Crippen molar-refractivity contribution in [3.05, 3.63) is 35.4 Å². The van der Waals surface area contributed by atoms with Gasteiger partial charge in [0.2, 0.25) is 0 Å². The molecule has 1 aliphatic heterocycles. The summed E-state index contributed by atoms with van der Waals surface area (Å²) in [6.45, 7) is 5.52. The average Bonchev–Trinajstić information content (AvgIpc) is 2.43. The van der Waals surface area contributed by atoms with Crippen molar-refractivity contribution in [2.75, 3.05) is 26.7 Å². The molecule has 0 aromatic heterocycles. The minimum Gasteiger partial charge on any atom is -0.387 e. The maximum atomic E-state index is 10.7. The van der Waals surface area contributed by atoms with Gasteiger partial charge in [-0.25, -0.2) is 0 Å². The Bertz CT molecular complexity index is 448. The lowest BCUT2D eigenvalue weighted by Gasteiger charge is -2.45. The van der Waals surface area contributed by atoms with E-state index in [-0.39, 0.29) is 6.10 Å². The lowest BCUT2D eigenvalue weighted by molar-refractivity contribution is -0.00271. The Hall–Kier alpha value is -0.900. The van der Waals surface area contributed by atoms with Crippen LogP contribution in [0.25, 0.3) is 0 Å². The van der Waals surface area contributed by atoms with Gasteiger partial charge in [-0.05, 0) is 37.9 Å². The Kier molecular flexibility index (Phi) is 3.61. The smallest absolute Gasteiger partial charge is 0.0947 e. The van der Waals surface area contributed by atoms with Crippen LogP contribution in [-0.2, 0) is 6.42 Å². The molecule has 3 atom stereocenters. The van der Waals surface area contributed by atoms with E-state index in [9.17, 15) is 5.11 Å². The van der Waals surface area contributed by atoms with Crippen molar-refractivity contribution < 1.29 is 5.11 Å². The van der Waals surface area contributed by atoms with Crippen molar-refractivity contribution in [3.63, 3.8) is 0 Å². The third kappa shape index (κ3) is 2.42. The normalized spacial score (nSPS) is 33.1. The highest BCUT2D eigenvalue weighted by Crippen LogP contribution is 2.33. The van der Waals surface area contributed by atoms with Gasteiger partial charge in [0.1, 0.15) is 0 Å². The molecule has 0 bridgehead atoms. The van der Waals surface area contributed by atoms with Gasteiger partial charge in [0.05, 0.1) is 6.10 Å². The highest BCUT2D eigenvalue weighted by molar-refractivity contribution is 5.32. The summed E-state index contributed by atoms with van der Waals surface area (Å²) in [5, 5.41) is 10.7. The van der Waals surface area contributed by atoms with E-state index in [4.69, 9.17) is 0 Å². The van der Waals surface area contributed by atoms with Gasteiger partial charge in [0, 0.05) is 31.7 Å². The van der Waals surface area contributed by atoms with Gasteiger partial charge in [-0.15, -0.1) is 0 Å². The van der Waals surface area contributed by atoms with Gasteiger partial charge in [0.15, 0.2) is 0 Å². The molecule has 3 unspecified atom stereocenters. The Morgan fingerprint density at radius 1 is 1.21 bits per heavy atom. The molecule has 1 aliphatic carbocycles. The molecule has 1 N–H and O–H groups in total. The zero-order valence-corrected chi connectivity index (χ0v) is 11.9. The number of aliphatic hydroxyl groups is 1. The zero-order valence-electron chi connectivity index (χ0n) is 11.9. The fraction of sp³-hybridized carbons (Fsp3) is 0.625. The number of piperazine rings is 1. The first kappa shape index (κ1) is 13.1. The molecule has 3 nitrogen and oxygen atoms in total. The number of nitrogens with zero attached hydrogens (tertiary/aromatic N) is 2. The van der Waals surface area contributed by atoms with E-state index in [2.05, 4.69) is 42.0 Å². The van der Waals surface area contributed by atoms with Crippen LogP contribution in [0.5, 0.6) is 0 Å². The summed E-state index contributed by atoms with van der Waals surface area (Å²) < 4.78 is 0. The highest BCUT2D eigenvalue weighted by atomic mass is 16.3. The Morgan fingerprint density at radius 2 is 2.00 bits per heavy atom. The molecular weight excluding hydrogens is 236 g/mol. The molecule has 1 heterocycles. The summed E-state index contributed by atoms with van der Waals surface area (Å²) in [6.07, 6.45) is 1.85. The van der Waals surface area contributed by atoms with E-state index in [1.54, 1.807) is 0 Å². The van der Waals surface area contributed by atoms with Gasteiger partial charge in [-0.2, -0.15) is 0 Å². The van der Waals surface area contributed by atoms with Crippen molar-refractivity contribution in [1.82, 2.24) is 9.80 Å². The van der Waals surface area contributed by atoms with E-state index in [0.717, 1.165) is 38.0 Å². The first-order valence-electron chi connectivity index (χ1n) is 7.37. The molecular formula is C16H24N2O. The summed E-state index contributed by atoms with van der Waals surface area (Å²) in [6, 6.07) is 9.23. The lowest BCUT2D eigenvalue weighted by Crippen LogP contribution is -2.55. The van der Waals surface area contributed by atoms with Crippen LogP contribution in [0.4, 0.5) is 0 Å². The molecule has 0 amide bonds. The van der Waals surface area contributed by atoms with Crippen LogP contribution in [0.2, 0.25) is 0 Å². The number of rotatable bonds is 1. The second-order valence-corrected chi connectivity index (χ2v) is 6.07. The van der Waals surface area contributed by atoms with Crippen LogP contribution in [0.1, 0.15) is 30.6 Å². The molecule has 1 aromatic carbocycles. The summed E-state index contributed by atoms with van der Waals surface area (Å²) in [4.78, 5) is 4.89. The maximum absolute atomic E-state index is 10.7. The Labute approximate surface area is 115 Å². The molecule has 104 valence electrons. The van der Waals surface area contributed by atoms with Crippen LogP contribution in [0, 0.1) is 0 Å². The van der Waals surface area contributed by atoms with Gasteiger partial charge in [-0.3, -0.25) is 4.90 Å². The molecule has 2 aliphatic rings. The summed E-state index contributed by atoms with van der Waals surface area (Å²) >= 11 is 0. The Morgan fingerprint density at radius 3 is 2.79 bits per heavy atom. The molecule has 0 radical (unpaired) electrons.